The highest BCUT2D eigenvalue weighted by Crippen LogP contribution is 2.02. The van der Waals surface area contributed by atoms with E-state index in [0.29, 0.717) is 6.54 Å². The van der Waals surface area contributed by atoms with Crippen molar-refractivity contribution in [3.8, 4) is 0 Å². The van der Waals surface area contributed by atoms with Crippen molar-refractivity contribution in [2.75, 3.05) is 6.54 Å². The molecule has 0 aromatic heterocycles. The molecule has 1 aromatic carbocycles. The van der Waals surface area contributed by atoms with Crippen LogP contribution in [0.1, 0.15) is 12.5 Å². The molecule has 0 aliphatic carbocycles. The van der Waals surface area contributed by atoms with Crippen LogP contribution in [0, 0.1) is 0 Å². The van der Waals surface area contributed by atoms with Gasteiger partial charge in [0.05, 0.1) is 0 Å². The quantitative estimate of drug-likeness (QED) is 0.737. The summed E-state index contributed by atoms with van der Waals surface area (Å²) in [6.45, 7) is 1.97. The first kappa shape index (κ1) is 10.7. The molecule has 3 nitrogen and oxygen atoms in total. The van der Waals surface area contributed by atoms with Gasteiger partial charge < -0.3 is 11.1 Å². The minimum atomic E-state index is -0.0311. The zero-order valence-corrected chi connectivity index (χ0v) is 8.36. The molecule has 1 unspecified atom stereocenters. The van der Waals surface area contributed by atoms with Gasteiger partial charge in [0, 0.05) is 19.5 Å². The number of carbonyl (C=O) groups is 1. The van der Waals surface area contributed by atoms with Crippen molar-refractivity contribution in [2.45, 2.75) is 19.4 Å². The second-order valence-corrected chi connectivity index (χ2v) is 3.32. The Labute approximate surface area is 84.3 Å². The standard InChI is InChI=1S/C11H16N2O/c1-9(14)13-11(8-12)7-10-5-3-2-4-6-10/h2-6,11H,7-8,12H2,1H3,(H,13,14). The summed E-state index contributed by atoms with van der Waals surface area (Å²) in [4.78, 5) is 10.8. The lowest BCUT2D eigenvalue weighted by molar-refractivity contribution is -0.119. The molecule has 14 heavy (non-hydrogen) atoms. The maximum atomic E-state index is 10.8. The average Bonchev–Trinajstić information content (AvgIpc) is 2.17. The average molecular weight is 192 g/mol. The fourth-order valence-electron chi connectivity index (χ4n) is 1.38. The van der Waals surface area contributed by atoms with E-state index >= 15 is 0 Å². The molecule has 0 aliphatic heterocycles. The zero-order chi connectivity index (χ0) is 10.4. The van der Waals surface area contributed by atoms with Crippen molar-refractivity contribution in [1.29, 1.82) is 0 Å². The largest absolute Gasteiger partial charge is 0.352 e. The second-order valence-electron chi connectivity index (χ2n) is 3.32. The van der Waals surface area contributed by atoms with Gasteiger partial charge in [0.1, 0.15) is 0 Å². The van der Waals surface area contributed by atoms with E-state index in [1.807, 2.05) is 30.3 Å². The van der Waals surface area contributed by atoms with Crippen LogP contribution in [0.5, 0.6) is 0 Å². The van der Waals surface area contributed by atoms with E-state index in [2.05, 4.69) is 5.32 Å². The zero-order valence-electron chi connectivity index (χ0n) is 8.36. The number of hydrogen-bond acceptors (Lipinski definition) is 2. The first-order valence-corrected chi connectivity index (χ1v) is 4.73. The number of benzene rings is 1. The molecular formula is C11H16N2O. The van der Waals surface area contributed by atoms with Crippen LogP contribution in [0.3, 0.4) is 0 Å². The van der Waals surface area contributed by atoms with Crippen LogP contribution in [0.2, 0.25) is 0 Å². The fraction of sp³-hybridized carbons (Fsp3) is 0.364. The summed E-state index contributed by atoms with van der Waals surface area (Å²) in [6.07, 6.45) is 0.789. The lowest BCUT2D eigenvalue weighted by Crippen LogP contribution is -2.40. The van der Waals surface area contributed by atoms with E-state index in [9.17, 15) is 4.79 Å². The summed E-state index contributed by atoms with van der Waals surface area (Å²) in [5.41, 5.74) is 6.75. The number of rotatable bonds is 4. The summed E-state index contributed by atoms with van der Waals surface area (Å²) in [7, 11) is 0. The van der Waals surface area contributed by atoms with Crippen LogP contribution < -0.4 is 11.1 Å². The molecule has 0 saturated heterocycles. The Morgan fingerprint density at radius 3 is 2.57 bits per heavy atom. The second kappa shape index (κ2) is 5.40. The van der Waals surface area contributed by atoms with Crippen molar-refractivity contribution in [2.24, 2.45) is 5.73 Å². The molecular weight excluding hydrogens is 176 g/mol. The molecule has 1 atom stereocenters. The van der Waals surface area contributed by atoms with E-state index in [-0.39, 0.29) is 11.9 Å². The summed E-state index contributed by atoms with van der Waals surface area (Å²) < 4.78 is 0. The predicted molar refractivity (Wildman–Crippen MR) is 56.8 cm³/mol. The van der Waals surface area contributed by atoms with Gasteiger partial charge in [-0.15, -0.1) is 0 Å². The van der Waals surface area contributed by atoms with Crippen LogP contribution >= 0.6 is 0 Å². The SMILES string of the molecule is CC(=O)NC(CN)Cc1ccccc1. The molecule has 0 fully saturated rings. The molecule has 1 amide bonds. The third kappa shape index (κ3) is 3.58. The van der Waals surface area contributed by atoms with Gasteiger partial charge in [0.2, 0.25) is 5.91 Å². The van der Waals surface area contributed by atoms with E-state index in [4.69, 9.17) is 5.73 Å². The monoisotopic (exact) mass is 192 g/mol. The number of nitrogens with two attached hydrogens (primary N) is 1. The van der Waals surface area contributed by atoms with Crippen molar-refractivity contribution < 1.29 is 4.79 Å². The summed E-state index contributed by atoms with van der Waals surface area (Å²) in [6, 6.07) is 10.0. The molecule has 0 bridgehead atoms. The van der Waals surface area contributed by atoms with Crippen LogP contribution in [-0.2, 0) is 11.2 Å². The minimum Gasteiger partial charge on any atom is -0.352 e. The van der Waals surface area contributed by atoms with Crippen LogP contribution in [-0.4, -0.2) is 18.5 Å². The maximum absolute atomic E-state index is 10.8. The Morgan fingerprint density at radius 1 is 1.43 bits per heavy atom. The van der Waals surface area contributed by atoms with E-state index in [0.717, 1.165) is 6.42 Å². The molecule has 3 heteroatoms. The Bertz CT molecular complexity index is 285. The van der Waals surface area contributed by atoms with Gasteiger partial charge in [-0.3, -0.25) is 4.79 Å². The van der Waals surface area contributed by atoms with Crippen molar-refractivity contribution in [3.05, 3.63) is 35.9 Å². The predicted octanol–water partition coefficient (Wildman–Crippen LogP) is 0.693. The van der Waals surface area contributed by atoms with Crippen LogP contribution in [0.25, 0.3) is 0 Å². The first-order valence-electron chi connectivity index (χ1n) is 4.73. The highest BCUT2D eigenvalue weighted by atomic mass is 16.1. The summed E-state index contributed by atoms with van der Waals surface area (Å²) in [5, 5.41) is 2.81. The fourth-order valence-corrected chi connectivity index (χ4v) is 1.38. The lowest BCUT2D eigenvalue weighted by atomic mass is 10.1. The Balaban J connectivity index is 2.53. The van der Waals surface area contributed by atoms with Crippen molar-refractivity contribution in [3.63, 3.8) is 0 Å². The molecule has 0 heterocycles. The van der Waals surface area contributed by atoms with Crippen molar-refractivity contribution in [1.82, 2.24) is 5.32 Å². The molecule has 0 spiro atoms. The van der Waals surface area contributed by atoms with Gasteiger partial charge in [-0.2, -0.15) is 0 Å². The molecule has 0 saturated carbocycles. The number of hydrogen-bond donors (Lipinski definition) is 2. The Kier molecular flexibility index (Phi) is 4.13. The molecule has 76 valence electrons. The number of nitrogens with one attached hydrogen (secondary N) is 1. The van der Waals surface area contributed by atoms with Crippen LogP contribution in [0.4, 0.5) is 0 Å². The molecule has 0 aliphatic rings. The summed E-state index contributed by atoms with van der Waals surface area (Å²) >= 11 is 0. The molecule has 3 N–H and O–H groups in total. The smallest absolute Gasteiger partial charge is 0.217 e. The van der Waals surface area contributed by atoms with E-state index in [1.165, 1.54) is 12.5 Å². The van der Waals surface area contributed by atoms with Crippen molar-refractivity contribution >= 4 is 5.91 Å². The van der Waals surface area contributed by atoms with E-state index in [1.54, 1.807) is 0 Å². The minimum absolute atomic E-state index is 0.0311. The first-order chi connectivity index (χ1) is 6.72. The molecule has 1 rings (SSSR count). The number of carbonyl (C=O) groups excluding carboxylic acids is 1. The highest BCUT2D eigenvalue weighted by molar-refractivity contribution is 5.73. The molecule has 0 radical (unpaired) electrons. The number of amides is 1. The van der Waals surface area contributed by atoms with Gasteiger partial charge >= 0.3 is 0 Å². The topological polar surface area (TPSA) is 55.1 Å². The van der Waals surface area contributed by atoms with Gasteiger partial charge in [-0.05, 0) is 12.0 Å². The van der Waals surface area contributed by atoms with Gasteiger partial charge in [0.15, 0.2) is 0 Å². The van der Waals surface area contributed by atoms with Gasteiger partial charge in [0.25, 0.3) is 0 Å². The summed E-state index contributed by atoms with van der Waals surface area (Å²) in [5.74, 6) is -0.0311. The third-order valence-electron chi connectivity index (χ3n) is 2.02. The lowest BCUT2D eigenvalue weighted by Gasteiger charge is -2.15. The van der Waals surface area contributed by atoms with Gasteiger partial charge in [-0.1, -0.05) is 30.3 Å². The Morgan fingerprint density at radius 2 is 2.07 bits per heavy atom. The van der Waals surface area contributed by atoms with E-state index < -0.39 is 0 Å². The van der Waals surface area contributed by atoms with Gasteiger partial charge in [-0.25, -0.2) is 0 Å². The normalized spacial score (nSPS) is 12.1. The molecule has 1 aromatic rings. The maximum Gasteiger partial charge on any atom is 0.217 e. The third-order valence-corrected chi connectivity index (χ3v) is 2.02. The van der Waals surface area contributed by atoms with Crippen LogP contribution in [0.15, 0.2) is 30.3 Å². The Hall–Kier alpha value is -1.35. The highest BCUT2D eigenvalue weighted by Gasteiger charge is 2.07.